The van der Waals surface area contributed by atoms with Gasteiger partial charge in [0.25, 0.3) is 0 Å². The van der Waals surface area contributed by atoms with Gasteiger partial charge in [-0.05, 0) is 17.5 Å². The summed E-state index contributed by atoms with van der Waals surface area (Å²) in [6.07, 6.45) is 0. The van der Waals surface area contributed by atoms with Crippen LogP contribution in [0.1, 0.15) is 35.0 Å². The molecule has 0 unspecified atom stereocenters. The van der Waals surface area contributed by atoms with Crippen molar-refractivity contribution in [3.05, 3.63) is 40.8 Å². The zero-order valence-corrected chi connectivity index (χ0v) is 10.5. The van der Waals surface area contributed by atoms with Gasteiger partial charge >= 0.3 is 5.97 Å². The van der Waals surface area contributed by atoms with Gasteiger partial charge in [0.2, 0.25) is 0 Å². The van der Waals surface area contributed by atoms with E-state index in [1.807, 2.05) is 44.2 Å². The first-order valence-corrected chi connectivity index (χ1v) is 6.17. The van der Waals surface area contributed by atoms with Gasteiger partial charge in [-0.3, -0.25) is 0 Å². The molecular weight excluding hydrogens is 234 g/mol. The maximum Gasteiger partial charge on any atom is 0.347 e. The lowest BCUT2D eigenvalue weighted by Gasteiger charge is -2.07. The van der Waals surface area contributed by atoms with Gasteiger partial charge < -0.3 is 5.11 Å². The van der Waals surface area contributed by atoms with Crippen LogP contribution in [0, 0.1) is 0 Å². The Kier molecular flexibility index (Phi) is 3.24. The second-order valence-electron chi connectivity index (χ2n) is 4.10. The zero-order chi connectivity index (χ0) is 12.4. The third kappa shape index (κ3) is 2.22. The summed E-state index contributed by atoms with van der Waals surface area (Å²) in [7, 11) is 0. The first kappa shape index (κ1) is 11.8. The van der Waals surface area contributed by atoms with Crippen LogP contribution in [0.4, 0.5) is 0 Å². The average molecular weight is 247 g/mol. The number of aromatic nitrogens is 1. The fraction of sp³-hybridized carbons (Fsp3) is 0.231. The molecule has 4 heteroatoms. The number of hydrogen-bond donors (Lipinski definition) is 1. The van der Waals surface area contributed by atoms with E-state index in [0.717, 1.165) is 28.4 Å². The predicted molar refractivity (Wildman–Crippen MR) is 68.6 cm³/mol. The summed E-state index contributed by atoms with van der Waals surface area (Å²) in [6, 6.07) is 9.70. The van der Waals surface area contributed by atoms with Gasteiger partial charge in [-0.1, -0.05) is 44.2 Å². The Morgan fingerprint density at radius 1 is 1.29 bits per heavy atom. The average Bonchev–Trinajstić information content (AvgIpc) is 2.74. The van der Waals surface area contributed by atoms with E-state index in [1.165, 1.54) is 0 Å². The molecule has 0 saturated heterocycles. The molecule has 0 aliphatic heterocycles. The lowest BCUT2D eigenvalue weighted by molar-refractivity contribution is 0.0700. The van der Waals surface area contributed by atoms with Crippen LogP contribution in [0.15, 0.2) is 30.3 Å². The van der Waals surface area contributed by atoms with Crippen molar-refractivity contribution in [2.24, 2.45) is 0 Å². The Morgan fingerprint density at radius 3 is 2.47 bits per heavy atom. The van der Waals surface area contributed by atoms with Gasteiger partial charge in [0, 0.05) is 11.1 Å². The van der Waals surface area contributed by atoms with Crippen molar-refractivity contribution in [1.29, 1.82) is 0 Å². The van der Waals surface area contributed by atoms with E-state index >= 15 is 0 Å². The van der Waals surface area contributed by atoms with Crippen molar-refractivity contribution in [3.8, 4) is 11.3 Å². The molecule has 3 nitrogen and oxygen atoms in total. The zero-order valence-electron chi connectivity index (χ0n) is 9.68. The summed E-state index contributed by atoms with van der Waals surface area (Å²) < 4.78 is 4.29. The third-order valence-electron chi connectivity index (χ3n) is 2.55. The quantitative estimate of drug-likeness (QED) is 0.901. The number of carboxylic acids is 1. The summed E-state index contributed by atoms with van der Waals surface area (Å²) in [5.41, 5.74) is 2.59. The number of nitrogens with zero attached hydrogens (tertiary/aromatic N) is 1. The van der Waals surface area contributed by atoms with Gasteiger partial charge in [-0.2, -0.15) is 4.37 Å². The van der Waals surface area contributed by atoms with Crippen LogP contribution in [0.3, 0.4) is 0 Å². The van der Waals surface area contributed by atoms with E-state index in [2.05, 4.69) is 4.37 Å². The predicted octanol–water partition coefficient (Wildman–Crippen LogP) is 3.63. The van der Waals surface area contributed by atoms with Crippen LogP contribution in [-0.4, -0.2) is 15.4 Å². The Morgan fingerprint density at radius 2 is 1.94 bits per heavy atom. The minimum Gasteiger partial charge on any atom is -0.477 e. The number of carbonyl (C=O) groups is 1. The lowest BCUT2D eigenvalue weighted by Crippen LogP contribution is -2.00. The Balaban J connectivity index is 2.60. The Hall–Kier alpha value is -1.68. The molecule has 0 amide bonds. The van der Waals surface area contributed by atoms with Gasteiger partial charge in [0.05, 0.1) is 5.69 Å². The van der Waals surface area contributed by atoms with Crippen LogP contribution in [0.25, 0.3) is 11.3 Å². The second-order valence-corrected chi connectivity index (χ2v) is 4.87. The SMILES string of the molecule is CC(C)c1c(-c2ccccc2)nsc1C(=O)O. The van der Waals surface area contributed by atoms with Crippen LogP contribution < -0.4 is 0 Å². The fourth-order valence-corrected chi connectivity index (χ4v) is 2.69. The summed E-state index contributed by atoms with van der Waals surface area (Å²) in [6.45, 7) is 3.98. The molecule has 2 rings (SSSR count). The molecule has 0 radical (unpaired) electrons. The molecule has 0 saturated carbocycles. The van der Waals surface area contributed by atoms with Crippen LogP contribution in [-0.2, 0) is 0 Å². The maximum atomic E-state index is 11.1. The lowest BCUT2D eigenvalue weighted by atomic mass is 9.97. The molecule has 0 aliphatic carbocycles. The summed E-state index contributed by atoms with van der Waals surface area (Å²) in [5, 5.41) is 9.15. The number of hydrogen-bond acceptors (Lipinski definition) is 3. The molecule has 0 fully saturated rings. The summed E-state index contributed by atoms with van der Waals surface area (Å²) in [4.78, 5) is 11.5. The molecule has 1 aromatic heterocycles. The maximum absolute atomic E-state index is 11.1. The van der Waals surface area contributed by atoms with E-state index in [-0.39, 0.29) is 5.92 Å². The summed E-state index contributed by atoms with van der Waals surface area (Å²) in [5.74, 6) is -0.747. The Labute approximate surface area is 104 Å². The van der Waals surface area contributed by atoms with E-state index in [0.29, 0.717) is 4.88 Å². The van der Waals surface area contributed by atoms with Crippen LogP contribution in [0.2, 0.25) is 0 Å². The van der Waals surface area contributed by atoms with E-state index in [9.17, 15) is 4.79 Å². The van der Waals surface area contributed by atoms with E-state index in [1.54, 1.807) is 0 Å². The molecule has 1 aromatic carbocycles. The van der Waals surface area contributed by atoms with Gasteiger partial charge in [-0.25, -0.2) is 4.79 Å². The Bertz CT molecular complexity index is 532. The second kappa shape index (κ2) is 4.67. The molecule has 0 aliphatic rings. The first-order chi connectivity index (χ1) is 8.11. The molecule has 17 heavy (non-hydrogen) atoms. The molecule has 1 N–H and O–H groups in total. The highest BCUT2D eigenvalue weighted by Crippen LogP contribution is 2.33. The fourth-order valence-electron chi connectivity index (χ4n) is 1.79. The van der Waals surface area contributed by atoms with E-state index < -0.39 is 5.97 Å². The standard InChI is InChI=1S/C13H13NO2S/c1-8(2)10-11(9-6-4-3-5-7-9)14-17-12(10)13(15)16/h3-8H,1-2H3,(H,15,16). The summed E-state index contributed by atoms with van der Waals surface area (Å²) >= 11 is 1.06. The molecular formula is C13H13NO2S. The normalized spacial score (nSPS) is 10.8. The number of rotatable bonds is 3. The minimum absolute atomic E-state index is 0.148. The highest BCUT2D eigenvalue weighted by atomic mass is 32.1. The van der Waals surface area contributed by atoms with Crippen molar-refractivity contribution in [2.45, 2.75) is 19.8 Å². The number of benzene rings is 1. The first-order valence-electron chi connectivity index (χ1n) is 5.39. The highest BCUT2D eigenvalue weighted by molar-refractivity contribution is 7.08. The van der Waals surface area contributed by atoms with Crippen molar-refractivity contribution in [3.63, 3.8) is 0 Å². The molecule has 0 spiro atoms. The molecule has 1 heterocycles. The largest absolute Gasteiger partial charge is 0.477 e. The van der Waals surface area contributed by atoms with Crippen molar-refractivity contribution < 1.29 is 9.90 Å². The van der Waals surface area contributed by atoms with Crippen LogP contribution >= 0.6 is 11.5 Å². The van der Waals surface area contributed by atoms with Gasteiger partial charge in [-0.15, -0.1) is 0 Å². The third-order valence-corrected chi connectivity index (χ3v) is 3.40. The molecule has 2 aromatic rings. The van der Waals surface area contributed by atoms with E-state index in [4.69, 9.17) is 5.11 Å². The van der Waals surface area contributed by atoms with Gasteiger partial charge in [0.15, 0.2) is 0 Å². The number of carboxylic acid groups (broad SMARTS) is 1. The molecule has 0 bridgehead atoms. The number of aromatic carboxylic acids is 1. The smallest absolute Gasteiger partial charge is 0.347 e. The van der Waals surface area contributed by atoms with Crippen molar-refractivity contribution in [1.82, 2.24) is 4.37 Å². The monoisotopic (exact) mass is 247 g/mol. The van der Waals surface area contributed by atoms with Crippen molar-refractivity contribution in [2.75, 3.05) is 0 Å². The molecule has 0 atom stereocenters. The minimum atomic E-state index is -0.895. The van der Waals surface area contributed by atoms with Crippen LogP contribution in [0.5, 0.6) is 0 Å². The highest BCUT2D eigenvalue weighted by Gasteiger charge is 2.22. The van der Waals surface area contributed by atoms with Gasteiger partial charge in [0.1, 0.15) is 4.88 Å². The molecule has 88 valence electrons. The topological polar surface area (TPSA) is 50.2 Å². The van der Waals surface area contributed by atoms with Crippen molar-refractivity contribution >= 4 is 17.5 Å².